The number of carbonyl (C=O) groups excluding carboxylic acids is 1. The monoisotopic (exact) mass is 271 g/mol. The molecule has 2 aromatic rings. The van der Waals surface area contributed by atoms with Crippen molar-refractivity contribution in [1.29, 1.82) is 0 Å². The Morgan fingerprint density at radius 3 is 2.70 bits per heavy atom. The van der Waals surface area contributed by atoms with Crippen LogP contribution >= 0.6 is 0 Å². The smallest absolute Gasteiger partial charge is 0.228 e. The molecule has 100 valence electrons. The van der Waals surface area contributed by atoms with Gasteiger partial charge < -0.3 is 5.32 Å². The average molecular weight is 271 g/mol. The topological polar surface area (TPSA) is 29.1 Å². The van der Waals surface area contributed by atoms with Gasteiger partial charge in [-0.2, -0.15) is 0 Å². The minimum Gasteiger partial charge on any atom is -0.326 e. The number of terminal acetylenes is 1. The summed E-state index contributed by atoms with van der Waals surface area (Å²) in [5, 5.41) is 2.61. The molecule has 0 fully saturated rings. The lowest BCUT2D eigenvalue weighted by molar-refractivity contribution is -0.115. The highest BCUT2D eigenvalue weighted by Crippen LogP contribution is 2.13. The highest BCUT2D eigenvalue weighted by atomic mass is 19.1. The standard InChI is InChI=1S/C16H11F2NO/c1-2-11-4-3-5-14(8-11)19-16(20)9-12-6-7-13(17)10-15(12)18/h1,3-8,10H,9H2,(H,19,20). The Hall–Kier alpha value is -2.67. The molecule has 0 saturated carbocycles. The predicted octanol–water partition coefficient (Wildman–Crippen LogP) is 3.13. The zero-order valence-corrected chi connectivity index (χ0v) is 10.5. The molecule has 0 saturated heterocycles. The molecule has 0 aromatic heterocycles. The summed E-state index contributed by atoms with van der Waals surface area (Å²) in [6.45, 7) is 0. The molecule has 0 aliphatic rings. The van der Waals surface area contributed by atoms with E-state index in [0.29, 0.717) is 11.3 Å². The second kappa shape index (κ2) is 5.98. The minimum atomic E-state index is -0.738. The first-order chi connectivity index (χ1) is 9.58. The van der Waals surface area contributed by atoms with E-state index < -0.39 is 17.5 Å². The fourth-order valence-electron chi connectivity index (χ4n) is 1.73. The zero-order valence-electron chi connectivity index (χ0n) is 10.5. The highest BCUT2D eigenvalue weighted by Gasteiger charge is 2.09. The average Bonchev–Trinajstić information content (AvgIpc) is 2.42. The van der Waals surface area contributed by atoms with Gasteiger partial charge in [-0.1, -0.05) is 18.1 Å². The lowest BCUT2D eigenvalue weighted by Crippen LogP contribution is -2.15. The number of benzene rings is 2. The number of nitrogens with one attached hydrogen (secondary N) is 1. The van der Waals surface area contributed by atoms with Crippen molar-refractivity contribution in [2.24, 2.45) is 0 Å². The molecule has 4 heteroatoms. The summed E-state index contributed by atoms with van der Waals surface area (Å²) >= 11 is 0. The molecule has 0 aliphatic heterocycles. The van der Waals surface area contributed by atoms with Gasteiger partial charge in [-0.3, -0.25) is 4.79 Å². The van der Waals surface area contributed by atoms with E-state index in [1.807, 2.05) is 0 Å². The van der Waals surface area contributed by atoms with Gasteiger partial charge in [-0.25, -0.2) is 8.78 Å². The summed E-state index contributed by atoms with van der Waals surface area (Å²) in [5.74, 6) is 0.643. The van der Waals surface area contributed by atoms with Gasteiger partial charge in [0.15, 0.2) is 0 Å². The number of rotatable bonds is 3. The molecule has 0 radical (unpaired) electrons. The summed E-state index contributed by atoms with van der Waals surface area (Å²) in [5.41, 5.74) is 1.31. The van der Waals surface area contributed by atoms with Crippen LogP contribution in [0.25, 0.3) is 0 Å². The van der Waals surface area contributed by atoms with Crippen LogP contribution in [0.15, 0.2) is 42.5 Å². The molecule has 2 rings (SSSR count). The van der Waals surface area contributed by atoms with E-state index in [1.165, 1.54) is 6.07 Å². The van der Waals surface area contributed by atoms with Crippen molar-refractivity contribution in [2.75, 3.05) is 5.32 Å². The molecule has 20 heavy (non-hydrogen) atoms. The van der Waals surface area contributed by atoms with Crippen LogP contribution < -0.4 is 5.32 Å². The largest absolute Gasteiger partial charge is 0.326 e. The van der Waals surface area contributed by atoms with Crippen molar-refractivity contribution in [3.8, 4) is 12.3 Å². The summed E-state index contributed by atoms with van der Waals surface area (Å²) in [4.78, 5) is 11.8. The van der Waals surface area contributed by atoms with Gasteiger partial charge >= 0.3 is 0 Å². The van der Waals surface area contributed by atoms with Crippen LogP contribution in [0.1, 0.15) is 11.1 Å². The van der Waals surface area contributed by atoms with Crippen LogP contribution in [0.4, 0.5) is 14.5 Å². The zero-order chi connectivity index (χ0) is 14.5. The van der Waals surface area contributed by atoms with Gasteiger partial charge in [0.05, 0.1) is 6.42 Å². The molecular weight excluding hydrogens is 260 g/mol. The SMILES string of the molecule is C#Cc1cccc(NC(=O)Cc2ccc(F)cc2F)c1. The van der Waals surface area contributed by atoms with E-state index >= 15 is 0 Å². The van der Waals surface area contributed by atoms with Crippen LogP contribution in [-0.4, -0.2) is 5.91 Å². The third-order valence-corrected chi connectivity index (χ3v) is 2.68. The van der Waals surface area contributed by atoms with Gasteiger partial charge in [-0.05, 0) is 29.8 Å². The van der Waals surface area contributed by atoms with E-state index in [9.17, 15) is 13.6 Å². The third-order valence-electron chi connectivity index (χ3n) is 2.68. The molecule has 1 amide bonds. The van der Waals surface area contributed by atoms with E-state index in [-0.39, 0.29) is 12.0 Å². The fraction of sp³-hybridized carbons (Fsp3) is 0.0625. The Morgan fingerprint density at radius 1 is 1.20 bits per heavy atom. The predicted molar refractivity (Wildman–Crippen MR) is 73.1 cm³/mol. The van der Waals surface area contributed by atoms with E-state index in [2.05, 4.69) is 11.2 Å². The molecule has 0 aliphatic carbocycles. The van der Waals surface area contributed by atoms with Crippen molar-refractivity contribution in [3.63, 3.8) is 0 Å². The maximum atomic E-state index is 13.4. The van der Waals surface area contributed by atoms with Crippen molar-refractivity contribution in [1.82, 2.24) is 0 Å². The number of hydrogen-bond acceptors (Lipinski definition) is 1. The van der Waals surface area contributed by atoms with Crippen molar-refractivity contribution >= 4 is 11.6 Å². The number of amides is 1. The maximum Gasteiger partial charge on any atom is 0.228 e. The summed E-state index contributed by atoms with van der Waals surface area (Å²) in [7, 11) is 0. The quantitative estimate of drug-likeness (QED) is 0.854. The highest BCUT2D eigenvalue weighted by molar-refractivity contribution is 5.92. The second-order valence-electron chi connectivity index (χ2n) is 4.19. The van der Waals surface area contributed by atoms with E-state index in [0.717, 1.165) is 12.1 Å². The van der Waals surface area contributed by atoms with Crippen LogP contribution in [0.3, 0.4) is 0 Å². The first kappa shape index (κ1) is 13.8. The number of carbonyl (C=O) groups is 1. The lowest BCUT2D eigenvalue weighted by atomic mass is 10.1. The second-order valence-corrected chi connectivity index (χ2v) is 4.19. The number of hydrogen-bond donors (Lipinski definition) is 1. The van der Waals surface area contributed by atoms with Gasteiger partial charge in [0.25, 0.3) is 0 Å². The van der Waals surface area contributed by atoms with Crippen LogP contribution in [0, 0.1) is 24.0 Å². The molecule has 2 nitrogen and oxygen atoms in total. The Bertz CT molecular complexity index is 689. The fourth-order valence-corrected chi connectivity index (χ4v) is 1.73. The molecule has 0 heterocycles. The van der Waals surface area contributed by atoms with Gasteiger partial charge in [0, 0.05) is 17.3 Å². The van der Waals surface area contributed by atoms with Crippen LogP contribution in [0.5, 0.6) is 0 Å². The first-order valence-electron chi connectivity index (χ1n) is 5.89. The van der Waals surface area contributed by atoms with Crippen LogP contribution in [-0.2, 0) is 11.2 Å². The summed E-state index contributed by atoms with van der Waals surface area (Å²) in [6.07, 6.45) is 5.09. The number of halogens is 2. The molecule has 1 N–H and O–H groups in total. The summed E-state index contributed by atoms with van der Waals surface area (Å²) in [6, 6.07) is 9.88. The molecule has 0 unspecified atom stereocenters. The molecule has 0 spiro atoms. The van der Waals surface area contributed by atoms with E-state index in [4.69, 9.17) is 6.42 Å². The third kappa shape index (κ3) is 3.42. The minimum absolute atomic E-state index is 0.136. The van der Waals surface area contributed by atoms with Crippen LogP contribution in [0.2, 0.25) is 0 Å². The Balaban J connectivity index is 2.07. The molecular formula is C16H11F2NO. The lowest BCUT2D eigenvalue weighted by Gasteiger charge is -2.06. The van der Waals surface area contributed by atoms with Crippen molar-refractivity contribution < 1.29 is 13.6 Å². The Labute approximate surface area is 115 Å². The van der Waals surface area contributed by atoms with E-state index in [1.54, 1.807) is 24.3 Å². The van der Waals surface area contributed by atoms with Gasteiger partial charge in [0.1, 0.15) is 11.6 Å². The van der Waals surface area contributed by atoms with Crippen molar-refractivity contribution in [2.45, 2.75) is 6.42 Å². The molecule has 0 bridgehead atoms. The molecule has 2 aromatic carbocycles. The first-order valence-corrected chi connectivity index (χ1v) is 5.89. The Kier molecular flexibility index (Phi) is 4.11. The maximum absolute atomic E-state index is 13.4. The summed E-state index contributed by atoms with van der Waals surface area (Å²) < 4.78 is 26.2. The number of anilines is 1. The van der Waals surface area contributed by atoms with Gasteiger partial charge in [0.2, 0.25) is 5.91 Å². The normalized spacial score (nSPS) is 9.85. The molecule has 0 atom stereocenters. The van der Waals surface area contributed by atoms with Crippen molar-refractivity contribution in [3.05, 3.63) is 65.2 Å². The Morgan fingerprint density at radius 2 is 2.00 bits per heavy atom. The van der Waals surface area contributed by atoms with Gasteiger partial charge in [-0.15, -0.1) is 6.42 Å².